The number of hydrogen-bond donors (Lipinski definition) is 2. The molecule has 0 atom stereocenters. The number of carbonyl (C=O) groups excluding carboxylic acids is 1. The summed E-state index contributed by atoms with van der Waals surface area (Å²) in [6.07, 6.45) is 3.09. The van der Waals surface area contributed by atoms with E-state index in [-0.39, 0.29) is 11.6 Å². The number of rotatable bonds is 5. The third kappa shape index (κ3) is 3.98. The first-order valence-electron chi connectivity index (χ1n) is 9.03. The van der Waals surface area contributed by atoms with E-state index >= 15 is 0 Å². The van der Waals surface area contributed by atoms with Crippen LogP contribution in [0.25, 0.3) is 10.9 Å². The highest BCUT2D eigenvalue weighted by Gasteiger charge is 2.13. The molecule has 0 aliphatic rings. The Bertz CT molecular complexity index is 1190. The quantitative estimate of drug-likeness (QED) is 0.531. The number of anilines is 3. The molecule has 144 valence electrons. The molecule has 2 N–H and O–H groups in total. The van der Waals surface area contributed by atoms with E-state index in [2.05, 4.69) is 25.6 Å². The van der Waals surface area contributed by atoms with Crippen molar-refractivity contribution in [1.82, 2.24) is 15.0 Å². The van der Waals surface area contributed by atoms with Crippen LogP contribution in [0.2, 0.25) is 0 Å². The van der Waals surface area contributed by atoms with Crippen molar-refractivity contribution in [1.29, 1.82) is 0 Å². The third-order valence-corrected chi connectivity index (χ3v) is 4.40. The Morgan fingerprint density at radius 3 is 2.69 bits per heavy atom. The second-order valence-electron chi connectivity index (χ2n) is 6.45. The summed E-state index contributed by atoms with van der Waals surface area (Å²) < 4.78 is 5.31. The van der Waals surface area contributed by atoms with E-state index in [1.807, 2.05) is 55.5 Å². The molecule has 0 spiro atoms. The smallest absolute Gasteiger partial charge is 0.274 e. The van der Waals surface area contributed by atoms with Gasteiger partial charge in [-0.2, -0.15) is 0 Å². The molecule has 0 unspecified atom stereocenters. The number of nitrogens with one attached hydrogen (secondary N) is 2. The molecule has 0 aliphatic heterocycles. The number of aryl methyl sites for hydroxylation is 1. The van der Waals surface area contributed by atoms with Crippen molar-refractivity contribution in [2.24, 2.45) is 0 Å². The van der Waals surface area contributed by atoms with E-state index < -0.39 is 0 Å². The SMILES string of the molecule is COc1ccc(C)cc1NC(=O)c1cc(Nc2cccc3cccnc23)ncn1. The molecular weight excluding hydrogens is 366 g/mol. The van der Waals surface area contributed by atoms with Crippen LogP contribution in [0, 0.1) is 6.92 Å². The normalized spacial score (nSPS) is 10.6. The summed E-state index contributed by atoms with van der Waals surface area (Å²) in [6, 6.07) is 16.9. The number of ether oxygens (including phenoxy) is 1. The van der Waals surface area contributed by atoms with Crippen molar-refractivity contribution in [3.8, 4) is 5.75 Å². The van der Waals surface area contributed by atoms with Gasteiger partial charge in [0.2, 0.25) is 0 Å². The zero-order chi connectivity index (χ0) is 20.2. The van der Waals surface area contributed by atoms with Crippen molar-refractivity contribution in [3.63, 3.8) is 0 Å². The average Bonchev–Trinajstić information content (AvgIpc) is 2.74. The van der Waals surface area contributed by atoms with Crippen molar-refractivity contribution >= 4 is 34.0 Å². The minimum atomic E-state index is -0.351. The lowest BCUT2D eigenvalue weighted by atomic mass is 10.2. The van der Waals surface area contributed by atoms with Crippen molar-refractivity contribution in [2.45, 2.75) is 6.92 Å². The molecule has 0 radical (unpaired) electrons. The minimum absolute atomic E-state index is 0.235. The first-order chi connectivity index (χ1) is 14.1. The molecule has 0 saturated carbocycles. The average molecular weight is 385 g/mol. The second-order valence-corrected chi connectivity index (χ2v) is 6.45. The van der Waals surface area contributed by atoms with Gasteiger partial charge in [0.1, 0.15) is 23.6 Å². The maximum Gasteiger partial charge on any atom is 0.274 e. The van der Waals surface area contributed by atoms with E-state index in [0.717, 1.165) is 22.2 Å². The molecule has 0 saturated heterocycles. The molecule has 1 amide bonds. The second kappa shape index (κ2) is 7.93. The van der Waals surface area contributed by atoms with E-state index in [0.29, 0.717) is 17.3 Å². The summed E-state index contributed by atoms with van der Waals surface area (Å²) in [5.74, 6) is 0.730. The fourth-order valence-electron chi connectivity index (χ4n) is 3.00. The standard InChI is InChI=1S/C22H19N5O2/c1-14-8-9-19(29-2)17(11-14)27-22(28)18-12-20(25-13-24-18)26-16-7-3-5-15-6-4-10-23-21(15)16/h3-13H,1-2H3,(H,27,28)(H,24,25,26). The minimum Gasteiger partial charge on any atom is -0.495 e. The van der Waals surface area contributed by atoms with Crippen LogP contribution in [0.1, 0.15) is 16.1 Å². The Hall–Kier alpha value is -4.00. The number of benzene rings is 2. The van der Waals surface area contributed by atoms with Crippen LogP contribution >= 0.6 is 0 Å². The maximum absolute atomic E-state index is 12.7. The fourth-order valence-corrected chi connectivity index (χ4v) is 3.00. The van der Waals surface area contributed by atoms with Crippen LogP contribution in [-0.4, -0.2) is 28.0 Å². The third-order valence-electron chi connectivity index (χ3n) is 4.40. The van der Waals surface area contributed by atoms with Crippen molar-refractivity contribution in [3.05, 3.63) is 78.4 Å². The highest BCUT2D eigenvalue weighted by atomic mass is 16.5. The van der Waals surface area contributed by atoms with Gasteiger partial charge in [0.05, 0.1) is 24.0 Å². The molecule has 2 heterocycles. The molecular formula is C22H19N5O2. The maximum atomic E-state index is 12.7. The van der Waals surface area contributed by atoms with E-state index in [1.54, 1.807) is 19.4 Å². The van der Waals surface area contributed by atoms with Crippen LogP contribution in [0.3, 0.4) is 0 Å². The van der Waals surface area contributed by atoms with Crippen LogP contribution in [0.5, 0.6) is 5.75 Å². The number of aromatic nitrogens is 3. The van der Waals surface area contributed by atoms with E-state index in [4.69, 9.17) is 4.74 Å². The zero-order valence-corrected chi connectivity index (χ0v) is 16.0. The van der Waals surface area contributed by atoms with Crippen LogP contribution in [0.15, 0.2) is 67.1 Å². The number of fused-ring (bicyclic) bond motifs is 1. The van der Waals surface area contributed by atoms with Gasteiger partial charge in [-0.25, -0.2) is 9.97 Å². The number of carbonyl (C=O) groups is 1. The molecule has 0 bridgehead atoms. The number of methoxy groups -OCH3 is 1. The number of para-hydroxylation sites is 1. The molecule has 2 aromatic heterocycles. The molecule has 7 nitrogen and oxygen atoms in total. The Labute approximate surface area is 167 Å². The number of hydrogen-bond acceptors (Lipinski definition) is 6. The number of amides is 1. The summed E-state index contributed by atoms with van der Waals surface area (Å²) in [5.41, 5.74) is 3.45. The predicted octanol–water partition coefficient (Wildman–Crippen LogP) is 4.34. The van der Waals surface area contributed by atoms with Gasteiger partial charge >= 0.3 is 0 Å². The summed E-state index contributed by atoms with van der Waals surface area (Å²) >= 11 is 0. The van der Waals surface area contributed by atoms with Crippen molar-refractivity contribution in [2.75, 3.05) is 17.7 Å². The number of nitrogens with zero attached hydrogens (tertiary/aromatic N) is 3. The van der Waals surface area contributed by atoms with Gasteiger partial charge in [0.15, 0.2) is 0 Å². The zero-order valence-electron chi connectivity index (χ0n) is 16.0. The molecule has 4 rings (SSSR count). The largest absolute Gasteiger partial charge is 0.495 e. The first-order valence-corrected chi connectivity index (χ1v) is 9.03. The molecule has 29 heavy (non-hydrogen) atoms. The monoisotopic (exact) mass is 385 g/mol. The summed E-state index contributed by atoms with van der Waals surface area (Å²) in [6.45, 7) is 1.94. The number of pyridine rings is 1. The molecule has 7 heteroatoms. The van der Waals surface area contributed by atoms with Crippen LogP contribution in [0.4, 0.5) is 17.2 Å². The lowest BCUT2D eigenvalue weighted by molar-refractivity contribution is 0.102. The lowest BCUT2D eigenvalue weighted by Gasteiger charge is -2.12. The molecule has 0 aliphatic carbocycles. The molecule has 4 aromatic rings. The van der Waals surface area contributed by atoms with Gasteiger partial charge in [0.25, 0.3) is 5.91 Å². The topological polar surface area (TPSA) is 89.0 Å². The summed E-state index contributed by atoms with van der Waals surface area (Å²) in [4.78, 5) is 25.5. The van der Waals surface area contributed by atoms with Crippen LogP contribution < -0.4 is 15.4 Å². The van der Waals surface area contributed by atoms with Gasteiger partial charge < -0.3 is 15.4 Å². The van der Waals surface area contributed by atoms with Crippen LogP contribution in [-0.2, 0) is 0 Å². The Balaban J connectivity index is 1.59. The highest BCUT2D eigenvalue weighted by Crippen LogP contribution is 2.26. The fraction of sp³-hybridized carbons (Fsp3) is 0.0909. The van der Waals surface area contributed by atoms with Gasteiger partial charge in [0, 0.05) is 17.6 Å². The summed E-state index contributed by atoms with van der Waals surface area (Å²) in [5, 5.41) is 7.07. The molecule has 0 fully saturated rings. The van der Waals surface area contributed by atoms with Gasteiger partial charge in [-0.1, -0.05) is 24.3 Å². The highest BCUT2D eigenvalue weighted by molar-refractivity contribution is 6.04. The predicted molar refractivity (Wildman–Crippen MR) is 113 cm³/mol. The van der Waals surface area contributed by atoms with Gasteiger partial charge in [-0.05, 0) is 36.8 Å². The lowest BCUT2D eigenvalue weighted by Crippen LogP contribution is -2.15. The first kappa shape index (κ1) is 18.4. The van der Waals surface area contributed by atoms with E-state index in [9.17, 15) is 4.79 Å². The van der Waals surface area contributed by atoms with Gasteiger partial charge in [-0.3, -0.25) is 9.78 Å². The van der Waals surface area contributed by atoms with Crippen molar-refractivity contribution < 1.29 is 9.53 Å². The summed E-state index contributed by atoms with van der Waals surface area (Å²) in [7, 11) is 1.56. The Kier molecular flexibility index (Phi) is 5.03. The van der Waals surface area contributed by atoms with E-state index in [1.165, 1.54) is 6.33 Å². The van der Waals surface area contributed by atoms with Gasteiger partial charge in [-0.15, -0.1) is 0 Å². The Morgan fingerprint density at radius 1 is 0.966 bits per heavy atom. The molecule has 2 aromatic carbocycles. The Morgan fingerprint density at radius 2 is 1.83 bits per heavy atom.